The third-order valence-electron chi connectivity index (χ3n) is 4.43. The van der Waals surface area contributed by atoms with Crippen molar-refractivity contribution in [2.75, 3.05) is 6.54 Å². The van der Waals surface area contributed by atoms with Gasteiger partial charge in [0.05, 0.1) is 11.1 Å². The smallest absolute Gasteiger partial charge is 0.322 e. The molecular formula is C16H22N6O3. The number of H-pyrrole nitrogens is 2. The highest BCUT2D eigenvalue weighted by Gasteiger charge is 2.36. The molecule has 0 spiro atoms. The lowest BCUT2D eigenvalue weighted by molar-refractivity contribution is -0.385. The number of amides is 1. The molecule has 0 unspecified atom stereocenters. The Morgan fingerprint density at radius 2 is 2.20 bits per heavy atom. The Balaban J connectivity index is 1.97. The molecule has 3 heterocycles. The van der Waals surface area contributed by atoms with Crippen molar-refractivity contribution >= 4 is 11.6 Å². The Morgan fingerprint density at radius 3 is 2.88 bits per heavy atom. The first-order chi connectivity index (χ1) is 11.8. The van der Waals surface area contributed by atoms with Gasteiger partial charge >= 0.3 is 5.69 Å². The minimum Gasteiger partial charge on any atom is -0.332 e. The topological polar surface area (TPSA) is 121 Å². The Morgan fingerprint density at radius 1 is 1.44 bits per heavy atom. The first-order valence-electron chi connectivity index (χ1n) is 8.34. The van der Waals surface area contributed by atoms with Crippen molar-refractivity contribution in [1.82, 2.24) is 25.3 Å². The molecule has 0 bridgehead atoms. The van der Waals surface area contributed by atoms with E-state index in [1.165, 1.54) is 0 Å². The Hall–Kier alpha value is -2.71. The van der Waals surface area contributed by atoms with Gasteiger partial charge in [0.2, 0.25) is 5.69 Å². The van der Waals surface area contributed by atoms with Crippen LogP contribution >= 0.6 is 0 Å². The second kappa shape index (κ2) is 6.30. The third kappa shape index (κ3) is 3.26. The van der Waals surface area contributed by atoms with E-state index < -0.39 is 10.8 Å². The van der Waals surface area contributed by atoms with Crippen molar-refractivity contribution in [3.05, 3.63) is 39.0 Å². The molecule has 1 aliphatic heterocycles. The number of nitrogens with one attached hydrogen (secondary N) is 2. The van der Waals surface area contributed by atoms with E-state index in [1.807, 2.05) is 6.92 Å². The fourth-order valence-electron chi connectivity index (χ4n) is 3.38. The SMILES string of the molecule is CCCc1[nH]nc(C(=O)N2Cc3cn[nH]c3CC(C)(C)C2)c1[N+](=O)[O-]. The van der Waals surface area contributed by atoms with Crippen LogP contribution in [-0.4, -0.2) is 42.7 Å². The van der Waals surface area contributed by atoms with Crippen LogP contribution in [0.2, 0.25) is 0 Å². The van der Waals surface area contributed by atoms with E-state index in [2.05, 4.69) is 34.2 Å². The van der Waals surface area contributed by atoms with E-state index in [9.17, 15) is 14.9 Å². The lowest BCUT2D eigenvalue weighted by Crippen LogP contribution is -2.37. The summed E-state index contributed by atoms with van der Waals surface area (Å²) in [6.07, 6.45) is 3.67. The molecule has 0 aliphatic carbocycles. The van der Waals surface area contributed by atoms with Crippen LogP contribution in [0.5, 0.6) is 0 Å². The maximum atomic E-state index is 13.0. The highest BCUT2D eigenvalue weighted by atomic mass is 16.6. The van der Waals surface area contributed by atoms with Crippen LogP contribution in [0.15, 0.2) is 6.20 Å². The number of rotatable bonds is 4. The molecule has 134 valence electrons. The molecule has 25 heavy (non-hydrogen) atoms. The lowest BCUT2D eigenvalue weighted by Gasteiger charge is -2.29. The van der Waals surface area contributed by atoms with E-state index in [1.54, 1.807) is 11.1 Å². The standard InChI is InChI=1S/C16H22N6O3/c1-4-5-11-14(22(24)25)13(20-19-11)15(23)21-8-10-7-17-18-12(10)6-16(2,3)9-21/h7H,4-6,8-9H2,1-3H3,(H,17,18)(H,19,20). The predicted octanol–water partition coefficient (Wildman–Crippen LogP) is 2.22. The van der Waals surface area contributed by atoms with Gasteiger partial charge in [0.25, 0.3) is 5.91 Å². The van der Waals surface area contributed by atoms with Crippen LogP contribution in [0, 0.1) is 15.5 Å². The van der Waals surface area contributed by atoms with Crippen LogP contribution in [0.1, 0.15) is 54.6 Å². The predicted molar refractivity (Wildman–Crippen MR) is 90.1 cm³/mol. The summed E-state index contributed by atoms with van der Waals surface area (Å²) in [5.74, 6) is -0.424. The Bertz CT molecular complexity index is 807. The quantitative estimate of drug-likeness (QED) is 0.649. The molecule has 0 saturated carbocycles. The van der Waals surface area contributed by atoms with Crippen molar-refractivity contribution in [1.29, 1.82) is 0 Å². The first kappa shape index (κ1) is 17.1. The van der Waals surface area contributed by atoms with Gasteiger partial charge in [-0.05, 0) is 18.3 Å². The van der Waals surface area contributed by atoms with Gasteiger partial charge in [0.15, 0.2) is 0 Å². The number of hydrogen-bond donors (Lipinski definition) is 2. The van der Waals surface area contributed by atoms with E-state index in [4.69, 9.17) is 0 Å². The molecule has 2 aromatic heterocycles. The summed E-state index contributed by atoms with van der Waals surface area (Å²) < 4.78 is 0. The second-order valence-electron chi connectivity index (χ2n) is 7.28. The van der Waals surface area contributed by atoms with Crippen LogP contribution < -0.4 is 0 Å². The van der Waals surface area contributed by atoms with Crippen LogP contribution in [0.25, 0.3) is 0 Å². The molecule has 1 amide bonds. The molecule has 0 fully saturated rings. The summed E-state index contributed by atoms with van der Waals surface area (Å²) in [6, 6.07) is 0. The maximum absolute atomic E-state index is 13.0. The van der Waals surface area contributed by atoms with Gasteiger partial charge in [-0.15, -0.1) is 0 Å². The number of aromatic nitrogens is 4. The number of fused-ring (bicyclic) bond motifs is 1. The summed E-state index contributed by atoms with van der Waals surface area (Å²) in [6.45, 7) is 6.89. The van der Waals surface area contributed by atoms with Crippen molar-refractivity contribution in [2.45, 2.75) is 46.6 Å². The number of aromatic amines is 2. The van der Waals surface area contributed by atoms with E-state index in [0.717, 1.165) is 24.1 Å². The van der Waals surface area contributed by atoms with Crippen molar-refractivity contribution in [2.24, 2.45) is 5.41 Å². The molecule has 0 radical (unpaired) electrons. The molecule has 1 aliphatic rings. The molecule has 2 aromatic rings. The zero-order valence-corrected chi connectivity index (χ0v) is 14.6. The minimum atomic E-state index is -0.520. The maximum Gasteiger partial charge on any atom is 0.322 e. The summed E-state index contributed by atoms with van der Waals surface area (Å²) in [7, 11) is 0. The molecule has 0 saturated heterocycles. The van der Waals surface area contributed by atoms with Crippen molar-refractivity contribution in [3.8, 4) is 0 Å². The number of carbonyl (C=O) groups excluding carboxylic acids is 1. The average Bonchev–Trinajstić information content (AvgIpc) is 3.10. The van der Waals surface area contributed by atoms with Crippen molar-refractivity contribution < 1.29 is 9.72 Å². The second-order valence-corrected chi connectivity index (χ2v) is 7.28. The highest BCUT2D eigenvalue weighted by Crippen LogP contribution is 2.31. The first-order valence-corrected chi connectivity index (χ1v) is 8.34. The number of carbonyl (C=O) groups is 1. The van der Waals surface area contributed by atoms with Crippen LogP contribution in [0.4, 0.5) is 5.69 Å². The van der Waals surface area contributed by atoms with Gasteiger partial charge in [-0.2, -0.15) is 10.2 Å². The van der Waals surface area contributed by atoms with Gasteiger partial charge in [-0.3, -0.25) is 25.1 Å². The number of nitro groups is 1. The highest BCUT2D eigenvalue weighted by molar-refractivity contribution is 5.96. The zero-order valence-electron chi connectivity index (χ0n) is 14.6. The van der Waals surface area contributed by atoms with E-state index in [0.29, 0.717) is 25.2 Å². The van der Waals surface area contributed by atoms with E-state index >= 15 is 0 Å². The molecular weight excluding hydrogens is 324 g/mol. The monoisotopic (exact) mass is 346 g/mol. The van der Waals surface area contributed by atoms with Crippen molar-refractivity contribution in [3.63, 3.8) is 0 Å². The van der Waals surface area contributed by atoms with Gasteiger partial charge in [-0.1, -0.05) is 27.2 Å². The summed E-state index contributed by atoms with van der Waals surface area (Å²) in [5.41, 5.74) is 1.84. The zero-order chi connectivity index (χ0) is 18.2. The van der Waals surface area contributed by atoms with Crippen LogP contribution in [0.3, 0.4) is 0 Å². The average molecular weight is 346 g/mol. The number of aryl methyl sites for hydroxylation is 1. The Labute approximate surface area is 145 Å². The number of hydrogen-bond acceptors (Lipinski definition) is 5. The molecule has 0 aromatic carbocycles. The Kier molecular flexibility index (Phi) is 4.32. The lowest BCUT2D eigenvalue weighted by atomic mass is 9.87. The van der Waals surface area contributed by atoms with Gasteiger partial charge < -0.3 is 4.90 Å². The van der Waals surface area contributed by atoms with Crippen LogP contribution in [-0.2, 0) is 19.4 Å². The molecule has 9 nitrogen and oxygen atoms in total. The summed E-state index contributed by atoms with van der Waals surface area (Å²) in [5, 5.41) is 25.2. The van der Waals surface area contributed by atoms with Gasteiger partial charge in [0, 0.05) is 24.3 Å². The van der Waals surface area contributed by atoms with E-state index in [-0.39, 0.29) is 16.8 Å². The van der Waals surface area contributed by atoms with Gasteiger partial charge in [-0.25, -0.2) is 0 Å². The summed E-state index contributed by atoms with van der Waals surface area (Å²) in [4.78, 5) is 25.6. The summed E-state index contributed by atoms with van der Waals surface area (Å²) >= 11 is 0. The normalized spacial score (nSPS) is 16.4. The van der Waals surface area contributed by atoms with Gasteiger partial charge in [0.1, 0.15) is 5.69 Å². The third-order valence-corrected chi connectivity index (χ3v) is 4.43. The molecule has 9 heteroatoms. The minimum absolute atomic E-state index is 0.115. The largest absolute Gasteiger partial charge is 0.332 e. The fraction of sp³-hybridized carbons (Fsp3) is 0.562. The molecule has 2 N–H and O–H groups in total. The molecule has 0 atom stereocenters. The molecule has 3 rings (SSSR count). The fourth-order valence-corrected chi connectivity index (χ4v) is 3.38. The number of nitrogens with zero attached hydrogens (tertiary/aromatic N) is 4.